The molecule has 8 heteroatoms. The maximum Gasteiger partial charge on any atom is 0.293 e. The van der Waals surface area contributed by atoms with Crippen LogP contribution in [0.2, 0.25) is 0 Å². The molecular weight excluding hydrogens is 334 g/mol. The van der Waals surface area contributed by atoms with Gasteiger partial charge >= 0.3 is 0 Å². The van der Waals surface area contributed by atoms with Gasteiger partial charge in [-0.25, -0.2) is 9.20 Å². The van der Waals surface area contributed by atoms with Crippen LogP contribution >= 0.6 is 0 Å². The third kappa shape index (κ3) is 3.51. The van der Waals surface area contributed by atoms with Crippen molar-refractivity contribution >= 4 is 11.4 Å². The first-order valence-electron chi connectivity index (χ1n) is 9.10. The zero-order valence-electron chi connectivity index (χ0n) is 16.0. The number of fused-ring (bicyclic) bond motifs is 1. The van der Waals surface area contributed by atoms with Gasteiger partial charge in [-0.15, -0.1) is 0 Å². The highest BCUT2D eigenvalue weighted by Crippen LogP contribution is 2.31. The Bertz CT molecular complexity index is 886. The van der Waals surface area contributed by atoms with Crippen LogP contribution < -0.4 is 10.9 Å². The van der Waals surface area contributed by atoms with Gasteiger partial charge < -0.3 is 10.4 Å². The molecular formula is C18H27N5O3. The number of aliphatic hydroxyl groups is 1. The molecule has 0 aromatic carbocycles. The molecule has 0 spiro atoms. The van der Waals surface area contributed by atoms with Gasteiger partial charge in [-0.3, -0.25) is 9.59 Å². The summed E-state index contributed by atoms with van der Waals surface area (Å²) in [5.74, 6) is 0.611. The van der Waals surface area contributed by atoms with E-state index in [9.17, 15) is 14.7 Å². The van der Waals surface area contributed by atoms with E-state index < -0.39 is 5.60 Å². The highest BCUT2D eigenvalue weighted by molar-refractivity contribution is 5.76. The molecule has 8 nitrogen and oxygen atoms in total. The second-order valence-electron chi connectivity index (χ2n) is 8.17. The van der Waals surface area contributed by atoms with E-state index in [0.717, 1.165) is 5.69 Å². The lowest BCUT2D eigenvalue weighted by Crippen LogP contribution is -2.54. The predicted octanol–water partition coefficient (Wildman–Crippen LogP) is 1.17. The zero-order chi connectivity index (χ0) is 19.2. The van der Waals surface area contributed by atoms with Crippen LogP contribution in [0.15, 0.2) is 10.9 Å². The molecule has 0 aliphatic heterocycles. The maximum atomic E-state index is 12.8. The van der Waals surface area contributed by atoms with E-state index >= 15 is 0 Å². The van der Waals surface area contributed by atoms with Gasteiger partial charge in [-0.1, -0.05) is 27.7 Å². The van der Waals surface area contributed by atoms with Crippen molar-refractivity contribution in [1.82, 2.24) is 24.7 Å². The average molecular weight is 361 g/mol. The van der Waals surface area contributed by atoms with Crippen molar-refractivity contribution in [3.8, 4) is 0 Å². The second kappa shape index (κ2) is 6.50. The van der Waals surface area contributed by atoms with Crippen molar-refractivity contribution in [2.75, 3.05) is 0 Å². The van der Waals surface area contributed by atoms with E-state index in [2.05, 4.69) is 15.5 Å². The number of carbonyl (C=O) groups excluding carboxylic acids is 1. The molecule has 2 N–H and O–H groups in total. The molecule has 0 atom stereocenters. The van der Waals surface area contributed by atoms with Crippen molar-refractivity contribution in [3.63, 3.8) is 0 Å². The first-order chi connectivity index (χ1) is 12.1. The molecule has 0 saturated heterocycles. The molecule has 1 fully saturated rings. The van der Waals surface area contributed by atoms with Gasteiger partial charge in [-0.2, -0.15) is 10.2 Å². The van der Waals surface area contributed by atoms with Crippen LogP contribution in [0, 0.1) is 0 Å². The zero-order valence-corrected chi connectivity index (χ0v) is 16.0. The molecule has 3 rings (SSSR count). The lowest BCUT2D eigenvalue weighted by Gasteiger charge is -2.41. The van der Waals surface area contributed by atoms with Crippen LogP contribution in [0.5, 0.6) is 0 Å². The number of amides is 1. The van der Waals surface area contributed by atoms with E-state index in [0.29, 0.717) is 24.2 Å². The highest BCUT2D eigenvalue weighted by Gasteiger charge is 2.39. The number of hydrogen-bond donors (Lipinski definition) is 2. The topological polar surface area (TPSA) is 102 Å². The lowest BCUT2D eigenvalue weighted by molar-refractivity contribution is -0.125. The quantitative estimate of drug-likeness (QED) is 0.832. The number of nitrogens with zero attached hydrogens (tertiary/aromatic N) is 4. The van der Waals surface area contributed by atoms with Crippen LogP contribution in [-0.4, -0.2) is 42.1 Å². The summed E-state index contributed by atoms with van der Waals surface area (Å²) < 4.78 is 2.81. The number of rotatable bonds is 5. The summed E-state index contributed by atoms with van der Waals surface area (Å²) in [5.41, 5.74) is 0.225. The van der Waals surface area contributed by atoms with Gasteiger partial charge in [0.25, 0.3) is 5.56 Å². The van der Waals surface area contributed by atoms with Gasteiger partial charge in [-0.05, 0) is 31.7 Å². The molecule has 142 valence electrons. The Morgan fingerprint density at radius 2 is 1.96 bits per heavy atom. The summed E-state index contributed by atoms with van der Waals surface area (Å²) in [6, 6.07) is 1.72. The fourth-order valence-electron chi connectivity index (χ4n) is 3.33. The molecule has 0 unspecified atom stereocenters. The third-order valence-electron chi connectivity index (χ3n) is 4.76. The van der Waals surface area contributed by atoms with Crippen LogP contribution in [0.25, 0.3) is 5.52 Å². The van der Waals surface area contributed by atoms with Crippen LogP contribution in [0.3, 0.4) is 0 Å². The van der Waals surface area contributed by atoms with Crippen molar-refractivity contribution in [2.24, 2.45) is 0 Å². The largest absolute Gasteiger partial charge is 0.390 e. The molecule has 2 aromatic rings. The van der Waals surface area contributed by atoms with Crippen molar-refractivity contribution in [3.05, 3.63) is 27.9 Å². The smallest absolute Gasteiger partial charge is 0.293 e. The minimum Gasteiger partial charge on any atom is -0.390 e. The number of aromatic nitrogens is 4. The standard InChI is InChI=1S/C18H27N5O3/c1-10(2)13-6-14-17(25)22(21-16(11(3)4)23(14)20-13)9-15(24)19-12-7-18(5,26)8-12/h6,10-12,26H,7-9H2,1-5H3,(H,19,24). The predicted molar refractivity (Wildman–Crippen MR) is 97.2 cm³/mol. The Morgan fingerprint density at radius 1 is 1.31 bits per heavy atom. The normalized spacial score (nSPS) is 22.8. The van der Waals surface area contributed by atoms with Gasteiger partial charge in [0.1, 0.15) is 12.1 Å². The Morgan fingerprint density at radius 3 is 2.50 bits per heavy atom. The summed E-state index contributed by atoms with van der Waals surface area (Å²) in [6.45, 7) is 9.59. The lowest BCUT2D eigenvalue weighted by atomic mass is 9.77. The van der Waals surface area contributed by atoms with Gasteiger partial charge in [0.05, 0.1) is 11.3 Å². The Labute approximate surface area is 152 Å². The fourth-order valence-corrected chi connectivity index (χ4v) is 3.33. The van der Waals surface area contributed by atoms with Crippen LogP contribution in [-0.2, 0) is 11.3 Å². The fraction of sp³-hybridized carbons (Fsp3) is 0.667. The Balaban J connectivity index is 1.89. The summed E-state index contributed by atoms with van der Waals surface area (Å²) in [7, 11) is 0. The van der Waals surface area contributed by atoms with E-state index in [1.807, 2.05) is 27.7 Å². The Hall–Kier alpha value is -2.22. The summed E-state index contributed by atoms with van der Waals surface area (Å²) >= 11 is 0. The SMILES string of the molecule is CC(C)c1cc2c(=O)n(CC(=O)NC3CC(C)(O)C3)nc(C(C)C)n2n1. The van der Waals surface area contributed by atoms with Gasteiger partial charge in [0, 0.05) is 12.0 Å². The van der Waals surface area contributed by atoms with E-state index in [1.165, 1.54) is 4.68 Å². The molecule has 2 aromatic heterocycles. The molecule has 1 amide bonds. The molecule has 2 heterocycles. The van der Waals surface area contributed by atoms with E-state index in [-0.39, 0.29) is 35.9 Å². The van der Waals surface area contributed by atoms with Crippen LogP contribution in [0.1, 0.15) is 70.8 Å². The molecule has 26 heavy (non-hydrogen) atoms. The van der Waals surface area contributed by atoms with Crippen molar-refractivity contribution in [2.45, 2.75) is 77.5 Å². The second-order valence-corrected chi connectivity index (χ2v) is 8.17. The van der Waals surface area contributed by atoms with E-state index in [1.54, 1.807) is 17.5 Å². The Kier molecular flexibility index (Phi) is 4.64. The average Bonchev–Trinajstić information content (AvgIpc) is 2.93. The van der Waals surface area contributed by atoms with Crippen molar-refractivity contribution < 1.29 is 9.90 Å². The number of hydrogen-bond acceptors (Lipinski definition) is 5. The molecule has 0 bridgehead atoms. The summed E-state index contributed by atoms with van der Waals surface area (Å²) in [5, 5.41) is 21.5. The highest BCUT2D eigenvalue weighted by atomic mass is 16.3. The van der Waals surface area contributed by atoms with Gasteiger partial charge in [0.15, 0.2) is 5.82 Å². The van der Waals surface area contributed by atoms with Crippen LogP contribution in [0.4, 0.5) is 0 Å². The first-order valence-corrected chi connectivity index (χ1v) is 9.10. The number of nitrogens with one attached hydrogen (secondary N) is 1. The monoisotopic (exact) mass is 361 g/mol. The molecule has 1 aliphatic carbocycles. The maximum absolute atomic E-state index is 12.8. The minimum atomic E-state index is -0.707. The van der Waals surface area contributed by atoms with Crippen molar-refractivity contribution in [1.29, 1.82) is 0 Å². The van der Waals surface area contributed by atoms with Gasteiger partial charge in [0.2, 0.25) is 5.91 Å². The number of carbonyl (C=O) groups is 1. The first kappa shape index (κ1) is 18.6. The molecule has 1 saturated carbocycles. The molecule has 1 aliphatic rings. The third-order valence-corrected chi connectivity index (χ3v) is 4.76. The minimum absolute atomic E-state index is 0.0500. The van der Waals surface area contributed by atoms with E-state index in [4.69, 9.17) is 0 Å². The molecule has 0 radical (unpaired) electrons. The summed E-state index contributed by atoms with van der Waals surface area (Å²) in [6.07, 6.45) is 1.05. The summed E-state index contributed by atoms with van der Waals surface area (Å²) in [4.78, 5) is 25.1.